The van der Waals surface area contributed by atoms with Crippen molar-refractivity contribution in [2.45, 2.75) is 12.5 Å². The Balaban J connectivity index is 1.85. The van der Waals surface area contributed by atoms with E-state index in [1.165, 1.54) is 36.4 Å². The molecule has 158 valence electrons. The lowest BCUT2D eigenvalue weighted by Gasteiger charge is -2.27. The number of amides is 1. The summed E-state index contributed by atoms with van der Waals surface area (Å²) in [6, 6.07) is 8.21. The van der Waals surface area contributed by atoms with Crippen molar-refractivity contribution >= 4 is 67.7 Å². The highest BCUT2D eigenvalue weighted by Crippen LogP contribution is 2.40. The zero-order chi connectivity index (χ0) is 22.1. The van der Waals surface area contributed by atoms with E-state index in [0.717, 1.165) is 6.26 Å². The van der Waals surface area contributed by atoms with Gasteiger partial charge in [0.1, 0.15) is 6.04 Å². The van der Waals surface area contributed by atoms with Crippen LogP contribution in [0.2, 0.25) is 10.0 Å². The normalized spacial score (nSPS) is 17.0. The molecule has 1 amide bonds. The van der Waals surface area contributed by atoms with Crippen LogP contribution in [-0.4, -0.2) is 37.7 Å². The molecular weight excluding hydrogens is 453 g/mol. The molecule has 0 bridgehead atoms. The zero-order valence-electron chi connectivity index (χ0n) is 15.6. The Kier molecular flexibility index (Phi) is 6.25. The number of carboxylic acid groups (broad SMARTS) is 1. The van der Waals surface area contributed by atoms with Crippen LogP contribution in [0, 0.1) is 0 Å². The number of hydrogen-bond donors (Lipinski definition) is 4. The van der Waals surface area contributed by atoms with Crippen LogP contribution >= 0.6 is 23.2 Å². The number of hydrogen-bond acceptors (Lipinski definition) is 5. The molecule has 0 spiro atoms. The summed E-state index contributed by atoms with van der Waals surface area (Å²) in [6.07, 6.45) is 2.38. The smallest absolute Gasteiger partial charge is 0.326 e. The van der Waals surface area contributed by atoms with Gasteiger partial charge in [0.05, 0.1) is 11.3 Å². The third-order valence-electron chi connectivity index (χ3n) is 4.19. The molecule has 1 atom stereocenters. The van der Waals surface area contributed by atoms with Crippen LogP contribution in [0.25, 0.3) is 5.57 Å². The van der Waals surface area contributed by atoms with E-state index in [0.29, 0.717) is 38.2 Å². The fourth-order valence-electron chi connectivity index (χ4n) is 3.03. The quantitative estimate of drug-likeness (QED) is 0.495. The number of anilines is 3. The molecule has 11 heteroatoms. The first-order valence-electron chi connectivity index (χ1n) is 8.60. The third kappa shape index (κ3) is 5.44. The number of halogens is 2. The Bertz CT molecular complexity index is 1150. The number of carbonyl (C=O) groups is 2. The molecule has 0 aromatic heterocycles. The van der Waals surface area contributed by atoms with Crippen molar-refractivity contribution in [1.29, 1.82) is 0 Å². The van der Waals surface area contributed by atoms with Crippen LogP contribution in [0.1, 0.15) is 12.0 Å². The molecule has 0 saturated heterocycles. The molecule has 4 N–H and O–H groups in total. The Morgan fingerprint density at radius 3 is 2.40 bits per heavy atom. The summed E-state index contributed by atoms with van der Waals surface area (Å²) in [4.78, 5) is 24.0. The fourth-order valence-corrected chi connectivity index (χ4v) is 4.21. The van der Waals surface area contributed by atoms with E-state index in [4.69, 9.17) is 23.2 Å². The van der Waals surface area contributed by atoms with Gasteiger partial charge in [-0.3, -0.25) is 9.52 Å². The molecule has 1 unspecified atom stereocenters. The maximum absolute atomic E-state index is 12.5. The van der Waals surface area contributed by atoms with Gasteiger partial charge in [-0.25, -0.2) is 13.2 Å². The second-order valence-electron chi connectivity index (χ2n) is 6.66. The average Bonchev–Trinajstić information content (AvgIpc) is 2.61. The highest BCUT2D eigenvalue weighted by atomic mass is 35.5. The Morgan fingerprint density at radius 2 is 1.80 bits per heavy atom. The lowest BCUT2D eigenvalue weighted by Crippen LogP contribution is -2.33. The van der Waals surface area contributed by atoms with Gasteiger partial charge in [0.2, 0.25) is 15.9 Å². The third-order valence-corrected chi connectivity index (χ3v) is 5.31. The van der Waals surface area contributed by atoms with Crippen molar-refractivity contribution in [3.8, 4) is 0 Å². The van der Waals surface area contributed by atoms with E-state index in [-0.39, 0.29) is 6.42 Å². The lowest BCUT2D eigenvalue weighted by molar-refractivity contribution is -0.137. The van der Waals surface area contributed by atoms with E-state index >= 15 is 0 Å². The minimum Gasteiger partial charge on any atom is -0.480 e. The minimum atomic E-state index is -3.40. The van der Waals surface area contributed by atoms with Gasteiger partial charge in [0.25, 0.3) is 0 Å². The summed E-state index contributed by atoms with van der Waals surface area (Å²) in [5.74, 6) is -1.56. The SMILES string of the molecule is CS(=O)(=O)Nc1ccc(NC(=O)/C=C2\CC(C(=O)O)Nc3cc(Cl)cc(Cl)c32)cc1. The summed E-state index contributed by atoms with van der Waals surface area (Å²) in [7, 11) is -3.40. The number of carboxylic acids is 1. The molecule has 1 heterocycles. The molecular formula is C19H17Cl2N3O5S. The standard InChI is InChI=1S/C19H17Cl2N3O5S/c1-30(28,29)24-13-4-2-12(3-5-13)22-17(25)7-10-6-16(19(26)27)23-15-9-11(20)8-14(21)18(10)15/h2-5,7-9,16,23-24H,6H2,1H3,(H,22,25)(H,26,27)/b10-7+. The summed E-state index contributed by atoms with van der Waals surface area (Å²) in [5, 5.41) is 15.5. The molecule has 0 radical (unpaired) electrons. The van der Waals surface area contributed by atoms with Crippen molar-refractivity contribution in [2.75, 3.05) is 21.6 Å². The summed E-state index contributed by atoms with van der Waals surface area (Å²) in [5.41, 5.74) is 2.18. The summed E-state index contributed by atoms with van der Waals surface area (Å²) in [6.45, 7) is 0. The first kappa shape index (κ1) is 21.9. The maximum Gasteiger partial charge on any atom is 0.326 e. The van der Waals surface area contributed by atoms with Gasteiger partial charge in [-0.1, -0.05) is 23.2 Å². The Hall–Kier alpha value is -2.75. The zero-order valence-corrected chi connectivity index (χ0v) is 17.9. The number of rotatable bonds is 5. The lowest BCUT2D eigenvalue weighted by atomic mass is 9.92. The van der Waals surface area contributed by atoms with Crippen molar-refractivity contribution < 1.29 is 23.1 Å². The minimum absolute atomic E-state index is 0.0499. The molecule has 2 aromatic carbocycles. The number of benzene rings is 2. The molecule has 30 heavy (non-hydrogen) atoms. The first-order chi connectivity index (χ1) is 14.0. The second-order valence-corrected chi connectivity index (χ2v) is 9.25. The predicted molar refractivity (Wildman–Crippen MR) is 118 cm³/mol. The van der Waals surface area contributed by atoms with Gasteiger partial charge >= 0.3 is 5.97 Å². The largest absolute Gasteiger partial charge is 0.480 e. The number of aliphatic carboxylic acids is 1. The fraction of sp³-hybridized carbons (Fsp3) is 0.158. The molecule has 1 aliphatic rings. The van der Waals surface area contributed by atoms with Crippen molar-refractivity contribution in [3.63, 3.8) is 0 Å². The number of fused-ring (bicyclic) bond motifs is 1. The van der Waals surface area contributed by atoms with Crippen molar-refractivity contribution in [1.82, 2.24) is 0 Å². The van der Waals surface area contributed by atoms with Gasteiger partial charge in [0, 0.05) is 40.1 Å². The number of carbonyl (C=O) groups excluding carboxylic acids is 1. The van der Waals surface area contributed by atoms with Gasteiger partial charge in [-0.15, -0.1) is 0 Å². The molecule has 8 nitrogen and oxygen atoms in total. The first-order valence-corrected chi connectivity index (χ1v) is 11.2. The van der Waals surface area contributed by atoms with E-state index in [1.54, 1.807) is 6.07 Å². The van der Waals surface area contributed by atoms with E-state index in [2.05, 4.69) is 15.4 Å². The predicted octanol–water partition coefficient (Wildman–Crippen LogP) is 3.66. The van der Waals surface area contributed by atoms with Gasteiger partial charge in [-0.2, -0.15) is 0 Å². The van der Waals surface area contributed by atoms with Crippen molar-refractivity contribution in [2.24, 2.45) is 0 Å². The highest BCUT2D eigenvalue weighted by Gasteiger charge is 2.29. The topological polar surface area (TPSA) is 125 Å². The van der Waals surface area contributed by atoms with Crippen LogP contribution in [0.15, 0.2) is 42.5 Å². The monoisotopic (exact) mass is 469 g/mol. The summed E-state index contributed by atoms with van der Waals surface area (Å²) < 4.78 is 24.8. The second kappa shape index (κ2) is 8.55. The highest BCUT2D eigenvalue weighted by molar-refractivity contribution is 7.92. The molecule has 1 aliphatic heterocycles. The van der Waals surface area contributed by atoms with Crippen LogP contribution in [0.4, 0.5) is 17.1 Å². The van der Waals surface area contributed by atoms with E-state index in [1.807, 2.05) is 0 Å². The van der Waals surface area contributed by atoms with Crippen LogP contribution in [-0.2, 0) is 19.6 Å². The van der Waals surface area contributed by atoms with Gasteiger partial charge < -0.3 is 15.7 Å². The maximum atomic E-state index is 12.5. The Labute approximate surface area is 182 Å². The molecule has 0 fully saturated rings. The van der Waals surface area contributed by atoms with E-state index < -0.39 is 27.9 Å². The van der Waals surface area contributed by atoms with Crippen LogP contribution in [0.3, 0.4) is 0 Å². The molecule has 2 aromatic rings. The Morgan fingerprint density at radius 1 is 1.17 bits per heavy atom. The number of sulfonamides is 1. The molecule has 3 rings (SSSR count). The number of nitrogens with one attached hydrogen (secondary N) is 3. The molecule has 0 saturated carbocycles. The van der Waals surface area contributed by atoms with Crippen LogP contribution < -0.4 is 15.4 Å². The van der Waals surface area contributed by atoms with Gasteiger partial charge in [0.15, 0.2) is 0 Å². The van der Waals surface area contributed by atoms with E-state index in [9.17, 15) is 23.1 Å². The molecule has 0 aliphatic carbocycles. The van der Waals surface area contributed by atoms with Crippen molar-refractivity contribution in [3.05, 3.63) is 58.1 Å². The summed E-state index contributed by atoms with van der Waals surface area (Å²) >= 11 is 12.3. The van der Waals surface area contributed by atoms with Crippen LogP contribution in [0.5, 0.6) is 0 Å². The van der Waals surface area contributed by atoms with Gasteiger partial charge in [-0.05, 0) is 42.0 Å². The average molecular weight is 470 g/mol.